The third kappa shape index (κ3) is 3.08. The third-order valence-electron chi connectivity index (χ3n) is 4.15. The van der Waals surface area contributed by atoms with Crippen molar-refractivity contribution in [3.63, 3.8) is 0 Å². The highest BCUT2D eigenvalue weighted by Gasteiger charge is 2.17. The van der Waals surface area contributed by atoms with E-state index in [0.29, 0.717) is 0 Å². The summed E-state index contributed by atoms with van der Waals surface area (Å²) in [5.74, 6) is 0. The molecular weight excluding hydrogens is 360 g/mol. The first-order valence-electron chi connectivity index (χ1n) is 7.95. The van der Waals surface area contributed by atoms with Gasteiger partial charge < -0.3 is 10.6 Å². The Balaban J connectivity index is 1.81. The van der Waals surface area contributed by atoms with Crippen molar-refractivity contribution in [2.45, 2.75) is 6.04 Å². The van der Waals surface area contributed by atoms with Crippen LogP contribution in [0, 0.1) is 0 Å². The lowest BCUT2D eigenvalue weighted by Gasteiger charge is -2.16. The number of anilines is 2. The minimum atomic E-state index is 0.101. The fourth-order valence-corrected chi connectivity index (χ4v) is 3.18. The van der Waals surface area contributed by atoms with Gasteiger partial charge in [0.15, 0.2) is 0 Å². The highest BCUT2D eigenvalue weighted by Crippen LogP contribution is 2.34. The average molecular weight is 377 g/mol. The predicted octanol–water partition coefficient (Wildman–Crippen LogP) is 6.07. The molecule has 118 valence electrons. The Bertz CT molecular complexity index is 870. The van der Waals surface area contributed by atoms with Gasteiger partial charge in [0.05, 0.1) is 17.4 Å². The molecule has 0 unspecified atom stereocenters. The molecule has 0 fully saturated rings. The van der Waals surface area contributed by atoms with Gasteiger partial charge in [0.2, 0.25) is 0 Å². The van der Waals surface area contributed by atoms with E-state index in [-0.39, 0.29) is 6.04 Å². The van der Waals surface area contributed by atoms with E-state index in [9.17, 15) is 0 Å². The van der Waals surface area contributed by atoms with Crippen LogP contribution in [0.15, 0.2) is 89.4 Å². The van der Waals surface area contributed by atoms with Crippen molar-refractivity contribution < 1.29 is 0 Å². The molecule has 0 aromatic heterocycles. The van der Waals surface area contributed by atoms with Crippen molar-refractivity contribution >= 4 is 33.0 Å². The molecule has 1 aliphatic heterocycles. The zero-order valence-corrected chi connectivity index (χ0v) is 14.6. The maximum Gasteiger partial charge on any atom is 0.0721 e. The van der Waals surface area contributed by atoms with E-state index in [1.807, 2.05) is 6.07 Å². The molecule has 0 spiro atoms. The number of rotatable bonds is 2. The molecule has 3 aromatic rings. The molecule has 0 saturated heterocycles. The average Bonchev–Trinajstić information content (AvgIpc) is 2.83. The van der Waals surface area contributed by atoms with Crippen LogP contribution in [-0.2, 0) is 0 Å². The summed E-state index contributed by atoms with van der Waals surface area (Å²) >= 11 is 3.51. The van der Waals surface area contributed by atoms with E-state index in [4.69, 9.17) is 0 Å². The molecule has 1 heterocycles. The Labute approximate surface area is 150 Å². The number of nitrogens with one attached hydrogen (secondary N) is 2. The maximum atomic E-state index is 3.64. The number of hydrogen-bond donors (Lipinski definition) is 2. The highest BCUT2D eigenvalue weighted by molar-refractivity contribution is 9.10. The molecule has 1 aliphatic rings. The zero-order valence-electron chi connectivity index (χ0n) is 13.0. The van der Waals surface area contributed by atoms with E-state index < -0.39 is 0 Å². The van der Waals surface area contributed by atoms with Crippen molar-refractivity contribution in [2.24, 2.45) is 0 Å². The van der Waals surface area contributed by atoms with Crippen molar-refractivity contribution in [3.8, 4) is 0 Å². The second-order valence-corrected chi connectivity index (χ2v) is 6.71. The second-order valence-electron chi connectivity index (χ2n) is 5.79. The molecule has 3 heteroatoms. The molecule has 4 rings (SSSR count). The van der Waals surface area contributed by atoms with Crippen molar-refractivity contribution in [2.75, 3.05) is 10.6 Å². The first-order chi connectivity index (χ1) is 11.8. The quantitative estimate of drug-likeness (QED) is 0.567. The smallest absolute Gasteiger partial charge is 0.0721 e. The van der Waals surface area contributed by atoms with Crippen molar-refractivity contribution in [3.05, 3.63) is 101 Å². The highest BCUT2D eigenvalue weighted by atomic mass is 79.9. The van der Waals surface area contributed by atoms with Crippen LogP contribution >= 0.6 is 15.9 Å². The molecule has 2 nitrogen and oxygen atoms in total. The Morgan fingerprint density at radius 2 is 1.38 bits per heavy atom. The van der Waals surface area contributed by atoms with Crippen LogP contribution in [0.1, 0.15) is 17.2 Å². The monoisotopic (exact) mass is 376 g/mol. The predicted molar refractivity (Wildman–Crippen MR) is 105 cm³/mol. The normalized spacial score (nSPS) is 16.2. The summed E-state index contributed by atoms with van der Waals surface area (Å²) < 4.78 is 1.09. The second kappa shape index (κ2) is 6.54. The van der Waals surface area contributed by atoms with Crippen LogP contribution in [0.25, 0.3) is 5.70 Å². The molecule has 24 heavy (non-hydrogen) atoms. The summed E-state index contributed by atoms with van der Waals surface area (Å²) in [7, 11) is 0. The number of hydrogen-bond acceptors (Lipinski definition) is 2. The van der Waals surface area contributed by atoms with Gasteiger partial charge in [0.25, 0.3) is 0 Å². The summed E-state index contributed by atoms with van der Waals surface area (Å²) in [5.41, 5.74) is 5.71. The van der Waals surface area contributed by atoms with Crippen LogP contribution in [0.5, 0.6) is 0 Å². The fraction of sp³-hybridized carbons (Fsp3) is 0.0476. The molecule has 3 aromatic carbocycles. The molecule has 0 bridgehead atoms. The van der Waals surface area contributed by atoms with Gasteiger partial charge in [0, 0.05) is 10.2 Å². The summed E-state index contributed by atoms with van der Waals surface area (Å²) in [6.07, 6.45) is 2.25. The lowest BCUT2D eigenvalue weighted by atomic mass is 10.0. The standard InChI is InChI=1S/C21H17BrN2/c22-17-12-10-16(11-13-17)21-14-20(15-6-2-1-3-7-15)23-18-8-4-5-9-19(18)24-21/h1-14,21,23-24H/t21-/m1/s1. The maximum absolute atomic E-state index is 3.64. The number of para-hydroxylation sites is 2. The Kier molecular flexibility index (Phi) is 4.09. The van der Waals surface area contributed by atoms with E-state index in [0.717, 1.165) is 21.5 Å². The minimum absolute atomic E-state index is 0.101. The van der Waals surface area contributed by atoms with Crippen LogP contribution < -0.4 is 10.6 Å². The summed E-state index contributed by atoms with van der Waals surface area (Å²) in [4.78, 5) is 0. The van der Waals surface area contributed by atoms with Gasteiger partial charge >= 0.3 is 0 Å². The van der Waals surface area contributed by atoms with E-state index in [1.165, 1.54) is 11.1 Å². The first kappa shape index (κ1) is 15.0. The summed E-state index contributed by atoms with van der Waals surface area (Å²) in [6, 6.07) is 27.3. The van der Waals surface area contributed by atoms with Gasteiger partial charge in [-0.05, 0) is 41.5 Å². The third-order valence-corrected chi connectivity index (χ3v) is 4.68. The Hall–Kier alpha value is -2.52. The van der Waals surface area contributed by atoms with E-state index in [2.05, 4.69) is 105 Å². The number of benzene rings is 3. The Morgan fingerprint density at radius 1 is 0.708 bits per heavy atom. The fourth-order valence-electron chi connectivity index (χ4n) is 2.92. The summed E-state index contributed by atoms with van der Waals surface area (Å²) in [5, 5.41) is 7.22. The topological polar surface area (TPSA) is 24.1 Å². The van der Waals surface area contributed by atoms with Crippen LogP contribution in [0.2, 0.25) is 0 Å². The molecule has 0 aliphatic carbocycles. The molecule has 0 saturated carbocycles. The van der Waals surface area contributed by atoms with Crippen LogP contribution in [-0.4, -0.2) is 0 Å². The van der Waals surface area contributed by atoms with Crippen molar-refractivity contribution in [1.29, 1.82) is 0 Å². The van der Waals surface area contributed by atoms with Crippen LogP contribution in [0.4, 0.5) is 11.4 Å². The van der Waals surface area contributed by atoms with Gasteiger partial charge in [-0.2, -0.15) is 0 Å². The molecule has 2 N–H and O–H groups in total. The Morgan fingerprint density at radius 3 is 2.12 bits per heavy atom. The largest absolute Gasteiger partial charge is 0.373 e. The van der Waals surface area contributed by atoms with Gasteiger partial charge in [-0.15, -0.1) is 0 Å². The van der Waals surface area contributed by atoms with Gasteiger partial charge in [-0.1, -0.05) is 70.5 Å². The zero-order chi connectivity index (χ0) is 16.4. The van der Waals surface area contributed by atoms with Gasteiger partial charge in [-0.25, -0.2) is 0 Å². The van der Waals surface area contributed by atoms with E-state index in [1.54, 1.807) is 0 Å². The molecule has 0 radical (unpaired) electrons. The number of fused-ring (bicyclic) bond motifs is 1. The number of halogens is 1. The minimum Gasteiger partial charge on any atom is -0.373 e. The van der Waals surface area contributed by atoms with E-state index >= 15 is 0 Å². The van der Waals surface area contributed by atoms with Gasteiger partial charge in [0.1, 0.15) is 0 Å². The van der Waals surface area contributed by atoms with Crippen molar-refractivity contribution in [1.82, 2.24) is 0 Å². The molecular formula is C21H17BrN2. The lowest BCUT2D eigenvalue weighted by molar-refractivity contribution is 0.991. The van der Waals surface area contributed by atoms with Crippen LogP contribution in [0.3, 0.4) is 0 Å². The molecule has 1 atom stereocenters. The SMILES string of the molecule is Brc1ccc([C@H]2C=C(c3ccccc3)Nc3ccccc3N2)cc1. The van der Waals surface area contributed by atoms with Gasteiger partial charge in [-0.3, -0.25) is 0 Å². The summed E-state index contributed by atoms with van der Waals surface area (Å²) in [6.45, 7) is 0. The molecule has 0 amide bonds. The lowest BCUT2D eigenvalue weighted by Crippen LogP contribution is -2.07. The first-order valence-corrected chi connectivity index (χ1v) is 8.74.